The highest BCUT2D eigenvalue weighted by atomic mass is 16.5. The van der Waals surface area contributed by atoms with Gasteiger partial charge in [0.2, 0.25) is 0 Å². The zero-order valence-electron chi connectivity index (χ0n) is 17.5. The van der Waals surface area contributed by atoms with Crippen LogP contribution in [0.4, 0.5) is 0 Å². The molecular formula is C22H35NO4. The second-order valence-electron chi connectivity index (χ2n) is 11.1. The lowest BCUT2D eigenvalue weighted by Crippen LogP contribution is -2.74. The van der Waals surface area contributed by atoms with Crippen LogP contribution in [0.25, 0.3) is 0 Å². The molecule has 152 valence electrons. The Kier molecular flexibility index (Phi) is 4.24. The third kappa shape index (κ3) is 2.92. The van der Waals surface area contributed by atoms with Gasteiger partial charge in [-0.25, -0.2) is 0 Å². The van der Waals surface area contributed by atoms with E-state index in [-0.39, 0.29) is 29.2 Å². The molecule has 1 saturated heterocycles. The molecule has 5 fully saturated rings. The molecule has 0 spiro atoms. The van der Waals surface area contributed by atoms with Crippen molar-refractivity contribution >= 4 is 11.9 Å². The van der Waals surface area contributed by atoms with E-state index in [4.69, 9.17) is 4.74 Å². The summed E-state index contributed by atoms with van der Waals surface area (Å²) in [6.07, 6.45) is 6.73. The van der Waals surface area contributed by atoms with Crippen LogP contribution >= 0.6 is 0 Å². The molecule has 4 bridgehead atoms. The van der Waals surface area contributed by atoms with Gasteiger partial charge >= 0.3 is 11.9 Å². The minimum absolute atomic E-state index is 0.0890. The van der Waals surface area contributed by atoms with E-state index >= 15 is 0 Å². The minimum Gasteiger partial charge on any atom is -0.481 e. The average molecular weight is 378 g/mol. The zero-order chi connectivity index (χ0) is 19.8. The first-order valence-electron chi connectivity index (χ1n) is 10.6. The molecule has 1 aliphatic heterocycles. The van der Waals surface area contributed by atoms with Gasteiger partial charge < -0.3 is 9.84 Å². The minimum atomic E-state index is -0.600. The Morgan fingerprint density at radius 3 is 1.89 bits per heavy atom. The Balaban J connectivity index is 1.72. The molecule has 5 rings (SSSR count). The largest absolute Gasteiger partial charge is 0.481 e. The fourth-order valence-corrected chi connectivity index (χ4v) is 8.05. The van der Waals surface area contributed by atoms with Gasteiger partial charge in [0.25, 0.3) is 0 Å². The maximum absolute atomic E-state index is 12.6. The highest BCUT2D eigenvalue weighted by Crippen LogP contribution is 2.63. The van der Waals surface area contributed by atoms with Crippen molar-refractivity contribution in [3.63, 3.8) is 0 Å². The molecule has 4 aliphatic carbocycles. The molecule has 0 radical (unpaired) electrons. The number of hydrogen-bond acceptors (Lipinski definition) is 4. The Hall–Kier alpha value is -1.10. The lowest BCUT2D eigenvalue weighted by Gasteiger charge is -2.68. The number of piperidine rings is 1. The van der Waals surface area contributed by atoms with E-state index in [0.717, 1.165) is 25.7 Å². The van der Waals surface area contributed by atoms with E-state index in [1.165, 1.54) is 26.2 Å². The maximum atomic E-state index is 12.6. The van der Waals surface area contributed by atoms with Crippen molar-refractivity contribution in [2.45, 2.75) is 103 Å². The fourth-order valence-electron chi connectivity index (χ4n) is 8.05. The van der Waals surface area contributed by atoms with Crippen LogP contribution in [-0.2, 0) is 14.3 Å². The number of rotatable bonds is 3. The van der Waals surface area contributed by atoms with Gasteiger partial charge in [-0.1, -0.05) is 0 Å². The summed E-state index contributed by atoms with van der Waals surface area (Å²) in [4.78, 5) is 26.7. The average Bonchev–Trinajstić information content (AvgIpc) is 2.46. The summed E-state index contributed by atoms with van der Waals surface area (Å²) in [6, 6.07) is 0.0890. The number of esters is 1. The smallest absolute Gasteiger partial charge is 0.311 e. The van der Waals surface area contributed by atoms with E-state index in [0.29, 0.717) is 17.8 Å². The number of carbonyl (C=O) groups excluding carboxylic acids is 1. The highest BCUT2D eigenvalue weighted by Gasteiger charge is 2.66. The molecule has 4 saturated carbocycles. The van der Waals surface area contributed by atoms with E-state index in [1.807, 2.05) is 0 Å². The number of hydrogen-bond donors (Lipinski definition) is 1. The summed E-state index contributed by atoms with van der Waals surface area (Å²) in [5, 5.41) is 10.4. The molecule has 0 amide bonds. The van der Waals surface area contributed by atoms with Crippen LogP contribution in [0.1, 0.15) is 79.6 Å². The second-order valence-corrected chi connectivity index (χ2v) is 11.1. The van der Waals surface area contributed by atoms with E-state index < -0.39 is 11.4 Å². The van der Waals surface area contributed by atoms with Crippen molar-refractivity contribution in [1.82, 2.24) is 4.90 Å². The standard InChI is InChI=1S/C22H35NO4/c1-13(24)27-17-11-20(2,3)23(21(4,5)12-17)18-16-7-14-6-15(8-16)10-22(18,9-14)19(25)26/h14-18H,6-12H2,1-5H3,(H,25,26). The van der Waals surface area contributed by atoms with Crippen molar-refractivity contribution in [2.75, 3.05) is 0 Å². The molecule has 0 aromatic carbocycles. The van der Waals surface area contributed by atoms with E-state index in [2.05, 4.69) is 32.6 Å². The van der Waals surface area contributed by atoms with Gasteiger partial charge in [0, 0.05) is 36.9 Å². The van der Waals surface area contributed by atoms with Crippen LogP contribution in [0.3, 0.4) is 0 Å². The van der Waals surface area contributed by atoms with Gasteiger partial charge in [0.05, 0.1) is 5.41 Å². The lowest BCUT2D eigenvalue weighted by molar-refractivity contribution is -0.216. The van der Waals surface area contributed by atoms with Crippen molar-refractivity contribution in [1.29, 1.82) is 0 Å². The van der Waals surface area contributed by atoms with Crippen molar-refractivity contribution in [3.05, 3.63) is 0 Å². The third-order valence-corrected chi connectivity index (χ3v) is 8.05. The first-order valence-corrected chi connectivity index (χ1v) is 10.6. The number of likely N-dealkylation sites (tertiary alicyclic amines) is 1. The monoisotopic (exact) mass is 377 g/mol. The lowest BCUT2D eigenvalue weighted by atomic mass is 9.46. The quantitative estimate of drug-likeness (QED) is 0.757. The normalized spacial score (nSPS) is 42.9. The number of carboxylic acids is 1. The molecule has 3 unspecified atom stereocenters. The number of nitrogens with zero attached hydrogens (tertiary/aromatic N) is 1. The summed E-state index contributed by atoms with van der Waals surface area (Å²) in [5.74, 6) is 0.868. The predicted octanol–water partition coefficient (Wildman–Crippen LogP) is 3.85. The molecular weight excluding hydrogens is 342 g/mol. The first-order chi connectivity index (χ1) is 12.4. The summed E-state index contributed by atoms with van der Waals surface area (Å²) in [6.45, 7) is 10.3. The van der Waals surface area contributed by atoms with Gasteiger partial charge in [-0.15, -0.1) is 0 Å². The molecule has 1 heterocycles. The number of aliphatic carboxylic acids is 1. The molecule has 27 heavy (non-hydrogen) atoms. The molecule has 0 aromatic rings. The Bertz CT molecular complexity index is 623. The van der Waals surface area contributed by atoms with Gasteiger partial charge in [0.1, 0.15) is 6.10 Å². The molecule has 0 aromatic heterocycles. The second kappa shape index (κ2) is 5.95. The Morgan fingerprint density at radius 1 is 0.926 bits per heavy atom. The van der Waals surface area contributed by atoms with Crippen LogP contribution in [0.5, 0.6) is 0 Å². The number of carbonyl (C=O) groups is 2. The molecule has 1 N–H and O–H groups in total. The third-order valence-electron chi connectivity index (χ3n) is 8.05. The first kappa shape index (κ1) is 19.2. The molecule has 3 atom stereocenters. The van der Waals surface area contributed by atoms with Crippen LogP contribution < -0.4 is 0 Å². The Labute approximate surface area is 162 Å². The number of carboxylic acid groups (broad SMARTS) is 1. The fraction of sp³-hybridized carbons (Fsp3) is 0.909. The summed E-state index contributed by atoms with van der Waals surface area (Å²) in [5.41, 5.74) is -1.01. The van der Waals surface area contributed by atoms with Crippen LogP contribution in [-0.4, -0.2) is 45.2 Å². The van der Waals surface area contributed by atoms with E-state index in [9.17, 15) is 14.7 Å². The molecule has 5 aliphatic rings. The van der Waals surface area contributed by atoms with Crippen molar-refractivity contribution in [3.8, 4) is 0 Å². The molecule has 5 nitrogen and oxygen atoms in total. The SMILES string of the molecule is CC(=O)OC1CC(C)(C)N(C2C3CC4CC(C3)CC2(C(=O)O)C4)C(C)(C)C1. The topological polar surface area (TPSA) is 66.8 Å². The summed E-state index contributed by atoms with van der Waals surface area (Å²) < 4.78 is 5.61. The van der Waals surface area contributed by atoms with Gasteiger partial charge in [0.15, 0.2) is 0 Å². The number of ether oxygens (including phenoxy) is 1. The predicted molar refractivity (Wildman–Crippen MR) is 102 cm³/mol. The van der Waals surface area contributed by atoms with Gasteiger partial charge in [-0.3, -0.25) is 14.5 Å². The summed E-state index contributed by atoms with van der Waals surface area (Å²) in [7, 11) is 0. The van der Waals surface area contributed by atoms with E-state index in [1.54, 1.807) is 0 Å². The van der Waals surface area contributed by atoms with Crippen LogP contribution in [0.15, 0.2) is 0 Å². The van der Waals surface area contributed by atoms with Crippen molar-refractivity contribution in [2.24, 2.45) is 23.2 Å². The van der Waals surface area contributed by atoms with Gasteiger partial charge in [-0.2, -0.15) is 0 Å². The summed E-state index contributed by atoms with van der Waals surface area (Å²) >= 11 is 0. The van der Waals surface area contributed by atoms with Crippen molar-refractivity contribution < 1.29 is 19.4 Å². The highest BCUT2D eigenvalue weighted by molar-refractivity contribution is 5.76. The Morgan fingerprint density at radius 2 is 1.44 bits per heavy atom. The van der Waals surface area contributed by atoms with Gasteiger partial charge in [-0.05, 0) is 77.6 Å². The zero-order valence-corrected chi connectivity index (χ0v) is 17.5. The maximum Gasteiger partial charge on any atom is 0.311 e. The van der Waals surface area contributed by atoms with Crippen LogP contribution in [0, 0.1) is 23.2 Å². The molecule has 5 heteroatoms. The van der Waals surface area contributed by atoms with Crippen LogP contribution in [0.2, 0.25) is 0 Å².